The predicted molar refractivity (Wildman–Crippen MR) is 68.9 cm³/mol. The maximum absolute atomic E-state index is 9.23. The number of halogens is 1. The smallest absolute Gasteiger partial charge is 0.0587 e. The molecule has 1 unspecified atom stereocenters. The second kappa shape index (κ2) is 8.34. The molecule has 3 heteroatoms. The molecule has 2 nitrogen and oxygen atoms in total. The number of hydrogen-bond acceptors (Lipinski definition) is 2. The van der Waals surface area contributed by atoms with Gasteiger partial charge in [0.2, 0.25) is 0 Å². The minimum Gasteiger partial charge on any atom is -0.395 e. The van der Waals surface area contributed by atoms with Crippen LogP contribution in [0, 0.1) is 0 Å². The van der Waals surface area contributed by atoms with E-state index < -0.39 is 0 Å². The summed E-state index contributed by atoms with van der Waals surface area (Å²) in [6.07, 6.45) is 4.71. The molecule has 0 aliphatic rings. The molecule has 1 aromatic carbocycles. The monoisotopic (exact) mass is 239 g/mol. The second-order valence-corrected chi connectivity index (χ2v) is 3.91. The van der Waals surface area contributed by atoms with E-state index in [9.17, 15) is 5.11 Å². The van der Waals surface area contributed by atoms with Crippen molar-refractivity contribution in [3.8, 4) is 0 Å². The summed E-state index contributed by atoms with van der Waals surface area (Å²) < 4.78 is 0. The van der Waals surface area contributed by atoms with Crippen molar-refractivity contribution in [3.05, 3.63) is 48.0 Å². The maximum Gasteiger partial charge on any atom is 0.0587 e. The van der Waals surface area contributed by atoms with Crippen LogP contribution in [0.3, 0.4) is 0 Å². The number of nitrogens with one attached hydrogen (secondary N) is 1. The van der Waals surface area contributed by atoms with Crippen molar-refractivity contribution in [2.45, 2.75) is 12.5 Å². The van der Waals surface area contributed by atoms with E-state index in [0.29, 0.717) is 5.88 Å². The molecule has 0 spiro atoms. The molecule has 0 aliphatic carbocycles. The number of aliphatic hydroxyl groups excluding tert-OH is 1. The Balaban J connectivity index is 2.34. The van der Waals surface area contributed by atoms with Crippen molar-refractivity contribution in [2.75, 3.05) is 19.0 Å². The minimum atomic E-state index is 0.0994. The number of benzene rings is 1. The Bertz CT molecular complexity index is 300. The average molecular weight is 240 g/mol. The largest absolute Gasteiger partial charge is 0.395 e. The number of rotatable bonds is 7. The molecule has 2 N–H and O–H groups in total. The summed E-state index contributed by atoms with van der Waals surface area (Å²) in [5, 5.41) is 12.5. The fourth-order valence-corrected chi connectivity index (χ4v) is 1.61. The third-order valence-electron chi connectivity index (χ3n) is 2.33. The zero-order chi connectivity index (χ0) is 11.6. The Kier molecular flexibility index (Phi) is 6.90. The van der Waals surface area contributed by atoms with Gasteiger partial charge in [0.05, 0.1) is 6.61 Å². The van der Waals surface area contributed by atoms with Gasteiger partial charge in [0, 0.05) is 18.5 Å². The highest BCUT2D eigenvalue weighted by Gasteiger charge is 2.05. The van der Waals surface area contributed by atoms with E-state index in [1.165, 1.54) is 5.56 Å². The van der Waals surface area contributed by atoms with Crippen LogP contribution < -0.4 is 5.32 Å². The molecular weight excluding hydrogens is 222 g/mol. The van der Waals surface area contributed by atoms with E-state index in [2.05, 4.69) is 17.4 Å². The first-order valence-corrected chi connectivity index (χ1v) is 5.99. The van der Waals surface area contributed by atoms with Gasteiger partial charge < -0.3 is 10.4 Å². The normalized spacial score (nSPS) is 13.1. The average Bonchev–Trinajstić information content (AvgIpc) is 2.34. The lowest BCUT2D eigenvalue weighted by Crippen LogP contribution is -2.34. The van der Waals surface area contributed by atoms with Crippen molar-refractivity contribution in [2.24, 2.45) is 0 Å². The zero-order valence-corrected chi connectivity index (χ0v) is 10.0. The molecule has 1 aromatic rings. The lowest BCUT2D eigenvalue weighted by Gasteiger charge is -2.14. The van der Waals surface area contributed by atoms with Crippen molar-refractivity contribution < 1.29 is 5.11 Å². The molecule has 0 bridgehead atoms. The van der Waals surface area contributed by atoms with Gasteiger partial charge in [-0.25, -0.2) is 0 Å². The number of alkyl halides is 1. The van der Waals surface area contributed by atoms with Gasteiger partial charge in [-0.05, 0) is 12.0 Å². The van der Waals surface area contributed by atoms with E-state index in [1.807, 2.05) is 30.4 Å². The molecule has 0 aromatic heterocycles. The van der Waals surface area contributed by atoms with Crippen LogP contribution in [0.4, 0.5) is 0 Å². The van der Waals surface area contributed by atoms with E-state index in [-0.39, 0.29) is 12.6 Å². The van der Waals surface area contributed by atoms with Gasteiger partial charge in [-0.1, -0.05) is 42.5 Å². The van der Waals surface area contributed by atoms with Gasteiger partial charge >= 0.3 is 0 Å². The lowest BCUT2D eigenvalue weighted by atomic mass is 10.1. The molecule has 0 saturated heterocycles. The maximum atomic E-state index is 9.23. The fourth-order valence-electron chi connectivity index (χ4n) is 1.48. The van der Waals surface area contributed by atoms with Crippen LogP contribution in [0.5, 0.6) is 0 Å². The molecule has 1 rings (SSSR count). The first kappa shape index (κ1) is 13.2. The summed E-state index contributed by atoms with van der Waals surface area (Å²) in [5.74, 6) is 0.532. The van der Waals surface area contributed by atoms with Crippen LogP contribution in [0.2, 0.25) is 0 Å². The lowest BCUT2D eigenvalue weighted by molar-refractivity contribution is 0.245. The molecule has 0 aliphatic heterocycles. The summed E-state index contributed by atoms with van der Waals surface area (Å²) in [4.78, 5) is 0. The van der Waals surface area contributed by atoms with Gasteiger partial charge in [-0.2, -0.15) is 0 Å². The SMILES string of the molecule is OCC(Cc1ccccc1)NC/C=C/CCl. The summed E-state index contributed by atoms with van der Waals surface area (Å²) in [6.45, 7) is 0.883. The van der Waals surface area contributed by atoms with E-state index in [4.69, 9.17) is 11.6 Å². The third kappa shape index (κ3) is 5.31. The Morgan fingerprint density at radius 3 is 2.62 bits per heavy atom. The Morgan fingerprint density at radius 2 is 2.00 bits per heavy atom. The van der Waals surface area contributed by atoms with Gasteiger partial charge in [0.1, 0.15) is 0 Å². The molecular formula is C13H18ClNO. The topological polar surface area (TPSA) is 32.3 Å². The molecule has 0 fully saturated rings. The molecule has 16 heavy (non-hydrogen) atoms. The Morgan fingerprint density at radius 1 is 1.25 bits per heavy atom. The molecule has 0 radical (unpaired) electrons. The van der Waals surface area contributed by atoms with Gasteiger partial charge in [-0.3, -0.25) is 0 Å². The molecule has 0 saturated carbocycles. The van der Waals surface area contributed by atoms with Crippen LogP contribution in [-0.4, -0.2) is 30.2 Å². The highest BCUT2D eigenvalue weighted by atomic mass is 35.5. The Labute approximate surface area is 102 Å². The standard InChI is InChI=1S/C13H18ClNO/c14-8-4-5-9-15-13(11-16)10-12-6-2-1-3-7-12/h1-7,13,15-16H,8-11H2/b5-4+. The van der Waals surface area contributed by atoms with E-state index in [1.54, 1.807) is 0 Å². The van der Waals surface area contributed by atoms with Crippen LogP contribution in [0.15, 0.2) is 42.5 Å². The third-order valence-corrected chi connectivity index (χ3v) is 2.50. The quantitative estimate of drug-likeness (QED) is 0.563. The van der Waals surface area contributed by atoms with Gasteiger partial charge in [0.25, 0.3) is 0 Å². The first-order chi connectivity index (χ1) is 7.86. The number of aliphatic hydroxyl groups is 1. The summed E-state index contributed by atoms with van der Waals surface area (Å²) >= 11 is 5.52. The van der Waals surface area contributed by atoms with Crippen LogP contribution in [0.25, 0.3) is 0 Å². The second-order valence-electron chi connectivity index (χ2n) is 3.60. The van der Waals surface area contributed by atoms with E-state index in [0.717, 1.165) is 13.0 Å². The fraction of sp³-hybridized carbons (Fsp3) is 0.385. The number of hydrogen-bond donors (Lipinski definition) is 2. The minimum absolute atomic E-state index is 0.0994. The van der Waals surface area contributed by atoms with E-state index >= 15 is 0 Å². The first-order valence-electron chi connectivity index (χ1n) is 5.46. The number of allylic oxidation sites excluding steroid dienone is 1. The summed E-state index contributed by atoms with van der Waals surface area (Å²) in [6, 6.07) is 10.3. The van der Waals surface area contributed by atoms with Crippen molar-refractivity contribution >= 4 is 11.6 Å². The predicted octanol–water partition coefficient (Wildman–Crippen LogP) is 1.97. The molecule has 1 atom stereocenters. The van der Waals surface area contributed by atoms with Crippen LogP contribution in [0.1, 0.15) is 5.56 Å². The Hall–Kier alpha value is -0.830. The highest BCUT2D eigenvalue weighted by molar-refractivity contribution is 6.18. The van der Waals surface area contributed by atoms with Gasteiger partial charge in [-0.15, -0.1) is 11.6 Å². The molecule has 0 heterocycles. The summed E-state index contributed by atoms with van der Waals surface area (Å²) in [7, 11) is 0. The van der Waals surface area contributed by atoms with Crippen molar-refractivity contribution in [3.63, 3.8) is 0 Å². The molecule has 88 valence electrons. The zero-order valence-electron chi connectivity index (χ0n) is 9.27. The van der Waals surface area contributed by atoms with Crippen LogP contribution in [-0.2, 0) is 6.42 Å². The van der Waals surface area contributed by atoms with Gasteiger partial charge in [0.15, 0.2) is 0 Å². The summed E-state index contributed by atoms with van der Waals surface area (Å²) in [5.41, 5.74) is 1.23. The van der Waals surface area contributed by atoms with Crippen molar-refractivity contribution in [1.29, 1.82) is 0 Å². The highest BCUT2D eigenvalue weighted by Crippen LogP contribution is 2.02. The molecule has 0 amide bonds. The van der Waals surface area contributed by atoms with Crippen molar-refractivity contribution in [1.82, 2.24) is 5.32 Å². The van der Waals surface area contributed by atoms with Crippen LogP contribution >= 0.6 is 11.6 Å².